The van der Waals surface area contributed by atoms with Crippen LogP contribution in [0, 0.1) is 17.8 Å². The second-order valence-corrected chi connectivity index (χ2v) is 12.1. The average molecular weight is 523 g/mol. The maximum Gasteiger partial charge on any atom is 0.246 e. The molecule has 0 aromatic carbocycles. The zero-order valence-corrected chi connectivity index (χ0v) is 25.0. The van der Waals surface area contributed by atoms with Crippen LogP contribution in [-0.2, 0) is 14.4 Å². The van der Waals surface area contributed by atoms with Gasteiger partial charge in [0.1, 0.15) is 6.04 Å². The van der Waals surface area contributed by atoms with E-state index in [2.05, 4.69) is 29.4 Å². The maximum absolute atomic E-state index is 13.7. The van der Waals surface area contributed by atoms with Crippen LogP contribution in [-0.4, -0.2) is 83.0 Å². The Labute approximate surface area is 225 Å². The van der Waals surface area contributed by atoms with Crippen molar-refractivity contribution in [2.45, 2.75) is 118 Å². The number of aliphatic hydroxyl groups excluding tert-OH is 1. The number of carbonyl (C=O) groups excluding carboxylic acids is 3. The Morgan fingerprint density at radius 2 is 1.62 bits per heavy atom. The van der Waals surface area contributed by atoms with E-state index in [-0.39, 0.29) is 60.3 Å². The van der Waals surface area contributed by atoms with Gasteiger partial charge in [-0.3, -0.25) is 19.3 Å². The van der Waals surface area contributed by atoms with Crippen LogP contribution in [0.2, 0.25) is 0 Å². The van der Waals surface area contributed by atoms with Gasteiger partial charge in [0.25, 0.3) is 0 Å². The SMILES string of the molecule is CC(=C[C@H](C(C)C)N(C)C(=O)[C@@H](NC(=O)C1CCCCN1C(C)C)C(C)C)C(=O)N[C@H](CO)CC(C)C. The van der Waals surface area contributed by atoms with E-state index in [0.717, 1.165) is 25.8 Å². The van der Waals surface area contributed by atoms with E-state index in [1.54, 1.807) is 18.9 Å². The van der Waals surface area contributed by atoms with Gasteiger partial charge < -0.3 is 20.6 Å². The van der Waals surface area contributed by atoms with Gasteiger partial charge in [0, 0.05) is 18.7 Å². The molecule has 3 N–H and O–H groups in total. The summed E-state index contributed by atoms with van der Waals surface area (Å²) in [6.07, 6.45) is 5.41. The number of likely N-dealkylation sites (N-methyl/N-ethyl adjacent to an activating group) is 1. The molecule has 214 valence electrons. The molecule has 0 bridgehead atoms. The molecule has 37 heavy (non-hydrogen) atoms. The lowest BCUT2D eigenvalue weighted by Crippen LogP contribution is -2.58. The third kappa shape index (κ3) is 10.0. The number of piperidine rings is 1. The van der Waals surface area contributed by atoms with Crippen molar-refractivity contribution in [3.63, 3.8) is 0 Å². The van der Waals surface area contributed by atoms with Crippen molar-refractivity contribution in [2.75, 3.05) is 20.2 Å². The quantitative estimate of drug-likeness (QED) is 0.322. The third-order valence-electron chi connectivity index (χ3n) is 7.31. The van der Waals surface area contributed by atoms with Crippen LogP contribution in [0.5, 0.6) is 0 Å². The highest BCUT2D eigenvalue weighted by molar-refractivity contribution is 5.93. The zero-order chi connectivity index (χ0) is 28.4. The van der Waals surface area contributed by atoms with E-state index in [1.165, 1.54) is 0 Å². The summed E-state index contributed by atoms with van der Waals surface area (Å²) in [4.78, 5) is 43.7. The monoisotopic (exact) mass is 522 g/mol. The Hall–Kier alpha value is -1.93. The van der Waals surface area contributed by atoms with Gasteiger partial charge >= 0.3 is 0 Å². The highest BCUT2D eigenvalue weighted by atomic mass is 16.3. The fourth-order valence-electron chi connectivity index (χ4n) is 5.11. The fraction of sp³-hybridized carbons (Fsp3) is 0.828. The smallest absolute Gasteiger partial charge is 0.246 e. The summed E-state index contributed by atoms with van der Waals surface area (Å²) in [6.45, 7) is 18.7. The first kappa shape index (κ1) is 33.1. The van der Waals surface area contributed by atoms with Crippen LogP contribution in [0.1, 0.15) is 88.0 Å². The van der Waals surface area contributed by atoms with E-state index < -0.39 is 6.04 Å². The van der Waals surface area contributed by atoms with Crippen molar-refractivity contribution in [3.8, 4) is 0 Å². The predicted octanol–water partition coefficient (Wildman–Crippen LogP) is 3.34. The minimum absolute atomic E-state index is 0.0549. The topological polar surface area (TPSA) is 102 Å². The highest BCUT2D eigenvalue weighted by Gasteiger charge is 2.36. The summed E-state index contributed by atoms with van der Waals surface area (Å²) in [7, 11) is 1.74. The fourth-order valence-corrected chi connectivity index (χ4v) is 5.11. The average Bonchev–Trinajstić information content (AvgIpc) is 2.83. The van der Waals surface area contributed by atoms with Crippen molar-refractivity contribution < 1.29 is 19.5 Å². The first-order chi connectivity index (χ1) is 17.2. The van der Waals surface area contributed by atoms with Crippen LogP contribution in [0.25, 0.3) is 0 Å². The molecule has 8 heteroatoms. The molecule has 1 fully saturated rings. The Bertz CT molecular complexity index is 778. The molecule has 0 aliphatic carbocycles. The number of likely N-dealkylation sites (tertiary alicyclic amines) is 1. The summed E-state index contributed by atoms with van der Waals surface area (Å²) >= 11 is 0. The summed E-state index contributed by atoms with van der Waals surface area (Å²) in [5.41, 5.74) is 0.500. The number of amides is 3. The van der Waals surface area contributed by atoms with Gasteiger partial charge in [-0.05, 0) is 64.3 Å². The number of nitrogens with one attached hydrogen (secondary N) is 2. The Morgan fingerprint density at radius 3 is 2.11 bits per heavy atom. The molecule has 8 nitrogen and oxygen atoms in total. The lowest BCUT2D eigenvalue weighted by Gasteiger charge is -2.39. The number of aliphatic hydroxyl groups is 1. The van der Waals surface area contributed by atoms with Crippen molar-refractivity contribution in [2.24, 2.45) is 17.8 Å². The molecule has 1 rings (SSSR count). The maximum atomic E-state index is 13.7. The van der Waals surface area contributed by atoms with E-state index in [1.807, 2.05) is 47.6 Å². The Kier molecular flexibility index (Phi) is 13.8. The molecule has 1 heterocycles. The Balaban J connectivity index is 3.05. The van der Waals surface area contributed by atoms with Gasteiger partial charge in [-0.1, -0.05) is 54.0 Å². The molecule has 1 unspecified atom stereocenters. The molecule has 0 radical (unpaired) electrons. The molecular weight excluding hydrogens is 468 g/mol. The van der Waals surface area contributed by atoms with Crippen molar-refractivity contribution >= 4 is 17.7 Å². The minimum atomic E-state index is -0.651. The van der Waals surface area contributed by atoms with Gasteiger partial charge in [0.15, 0.2) is 0 Å². The van der Waals surface area contributed by atoms with Gasteiger partial charge in [-0.2, -0.15) is 0 Å². The summed E-state index contributed by atoms with van der Waals surface area (Å²) in [6, 6.07) is -1.23. The number of hydrogen-bond donors (Lipinski definition) is 3. The van der Waals surface area contributed by atoms with Crippen molar-refractivity contribution in [1.82, 2.24) is 20.4 Å². The Morgan fingerprint density at radius 1 is 1.00 bits per heavy atom. The first-order valence-electron chi connectivity index (χ1n) is 14.1. The van der Waals surface area contributed by atoms with Crippen LogP contribution in [0.4, 0.5) is 0 Å². The zero-order valence-electron chi connectivity index (χ0n) is 25.0. The molecule has 1 aliphatic rings. The lowest BCUT2D eigenvalue weighted by atomic mass is 9.95. The van der Waals surface area contributed by atoms with E-state index in [9.17, 15) is 19.5 Å². The highest BCUT2D eigenvalue weighted by Crippen LogP contribution is 2.21. The number of rotatable bonds is 13. The second kappa shape index (κ2) is 15.5. The van der Waals surface area contributed by atoms with Crippen LogP contribution in [0.15, 0.2) is 11.6 Å². The normalized spacial score (nSPS) is 19.8. The molecule has 3 amide bonds. The largest absolute Gasteiger partial charge is 0.394 e. The number of nitrogens with zero attached hydrogens (tertiary/aromatic N) is 2. The minimum Gasteiger partial charge on any atom is -0.394 e. The van der Waals surface area contributed by atoms with Crippen LogP contribution < -0.4 is 10.6 Å². The molecular formula is C29H54N4O4. The molecule has 0 aromatic heterocycles. The first-order valence-corrected chi connectivity index (χ1v) is 14.1. The summed E-state index contributed by atoms with van der Waals surface area (Å²) in [5.74, 6) is -0.172. The molecule has 0 saturated carbocycles. The molecule has 0 spiro atoms. The molecule has 1 saturated heterocycles. The van der Waals surface area contributed by atoms with E-state index in [0.29, 0.717) is 17.9 Å². The van der Waals surface area contributed by atoms with Crippen molar-refractivity contribution in [3.05, 3.63) is 11.6 Å². The molecule has 4 atom stereocenters. The second-order valence-electron chi connectivity index (χ2n) is 12.1. The van der Waals surface area contributed by atoms with Gasteiger partial charge in [0.05, 0.1) is 24.7 Å². The van der Waals surface area contributed by atoms with E-state index in [4.69, 9.17) is 0 Å². The third-order valence-corrected chi connectivity index (χ3v) is 7.31. The predicted molar refractivity (Wildman–Crippen MR) is 150 cm³/mol. The molecule has 1 aliphatic heterocycles. The van der Waals surface area contributed by atoms with Gasteiger partial charge in [-0.15, -0.1) is 0 Å². The number of carbonyl (C=O) groups is 3. The van der Waals surface area contributed by atoms with Gasteiger partial charge in [-0.25, -0.2) is 0 Å². The van der Waals surface area contributed by atoms with Crippen molar-refractivity contribution in [1.29, 1.82) is 0 Å². The standard InChI is InChI=1S/C29H54N4O4/c1-18(2)15-23(17-34)30-27(35)22(9)16-25(19(3)4)32(10)29(37)26(20(5)6)31-28(36)24-13-11-12-14-33(24)21(7)8/h16,18-21,23-26,34H,11-15,17H2,1-10H3,(H,30,35)(H,31,36)/t23-,24?,25+,26-/m0/s1. The van der Waals surface area contributed by atoms with E-state index >= 15 is 0 Å². The lowest BCUT2D eigenvalue weighted by molar-refractivity contribution is -0.140. The molecule has 0 aromatic rings. The summed E-state index contributed by atoms with van der Waals surface area (Å²) < 4.78 is 0. The number of hydrogen-bond acceptors (Lipinski definition) is 5. The summed E-state index contributed by atoms with van der Waals surface area (Å²) in [5, 5.41) is 15.6. The van der Waals surface area contributed by atoms with Gasteiger partial charge in [0.2, 0.25) is 17.7 Å². The van der Waals surface area contributed by atoms with Crippen LogP contribution >= 0.6 is 0 Å². The van der Waals surface area contributed by atoms with Crippen LogP contribution in [0.3, 0.4) is 0 Å².